The first kappa shape index (κ1) is 21.0. The van der Waals surface area contributed by atoms with Crippen molar-refractivity contribution in [1.82, 2.24) is 0 Å². The monoisotopic (exact) mass is 303 g/mol. The van der Waals surface area contributed by atoms with Gasteiger partial charge in [-0.25, -0.2) is 0 Å². The lowest BCUT2D eigenvalue weighted by Gasteiger charge is -2.20. The summed E-state index contributed by atoms with van der Waals surface area (Å²) < 4.78 is 0. The number of terminal acetylenes is 1. The van der Waals surface area contributed by atoms with Gasteiger partial charge in [0.2, 0.25) is 0 Å². The fourth-order valence-corrected chi connectivity index (χ4v) is 2.84. The van der Waals surface area contributed by atoms with E-state index < -0.39 is 0 Å². The standard InChI is InChI=1S/C21H37N/c1-6-9-10-12-19(5)16-21(17-22)14-13-20(11-7-2)15-18(4)8-3/h2,11,15,19,21H,6,8-10,12-14,16-17,22H2,1,3-5H3/b18-15-,20-11-. The highest BCUT2D eigenvalue weighted by Crippen LogP contribution is 2.23. The molecule has 0 aliphatic heterocycles. The van der Waals surface area contributed by atoms with Gasteiger partial charge in [0.25, 0.3) is 0 Å². The van der Waals surface area contributed by atoms with Crippen LogP contribution in [0.2, 0.25) is 0 Å². The third kappa shape index (κ3) is 10.7. The maximum absolute atomic E-state index is 5.99. The Labute approximate surface area is 139 Å². The Hall–Kier alpha value is -1.00. The van der Waals surface area contributed by atoms with Crippen LogP contribution in [-0.2, 0) is 0 Å². The van der Waals surface area contributed by atoms with Gasteiger partial charge in [-0.1, -0.05) is 64.0 Å². The van der Waals surface area contributed by atoms with E-state index in [1.165, 1.54) is 43.3 Å². The maximum Gasteiger partial charge on any atom is -0.00487 e. The van der Waals surface area contributed by atoms with Crippen LogP contribution >= 0.6 is 0 Å². The van der Waals surface area contributed by atoms with Crippen molar-refractivity contribution >= 4 is 0 Å². The number of rotatable bonds is 12. The van der Waals surface area contributed by atoms with Crippen molar-refractivity contribution in [1.29, 1.82) is 0 Å². The molecular formula is C21H37N. The molecule has 0 saturated carbocycles. The van der Waals surface area contributed by atoms with E-state index in [0.717, 1.165) is 31.7 Å². The molecule has 0 fully saturated rings. The van der Waals surface area contributed by atoms with Crippen molar-refractivity contribution < 1.29 is 0 Å². The summed E-state index contributed by atoms with van der Waals surface area (Å²) in [5.41, 5.74) is 8.65. The smallest absolute Gasteiger partial charge is 0.00487 e. The fourth-order valence-electron chi connectivity index (χ4n) is 2.84. The van der Waals surface area contributed by atoms with Gasteiger partial charge in [-0.05, 0) is 62.6 Å². The van der Waals surface area contributed by atoms with Crippen molar-refractivity contribution in [2.45, 2.75) is 79.1 Å². The van der Waals surface area contributed by atoms with E-state index in [1.54, 1.807) is 0 Å². The maximum atomic E-state index is 5.99. The quantitative estimate of drug-likeness (QED) is 0.272. The molecule has 1 heteroatoms. The Kier molecular flexibility index (Phi) is 13.0. The predicted octanol–water partition coefficient (Wildman–Crippen LogP) is 5.86. The summed E-state index contributed by atoms with van der Waals surface area (Å²) in [4.78, 5) is 0. The first-order valence-electron chi connectivity index (χ1n) is 9.09. The van der Waals surface area contributed by atoms with E-state index >= 15 is 0 Å². The van der Waals surface area contributed by atoms with Gasteiger partial charge in [0.05, 0.1) is 0 Å². The van der Waals surface area contributed by atoms with Crippen LogP contribution < -0.4 is 5.73 Å². The van der Waals surface area contributed by atoms with Crippen molar-refractivity contribution in [3.05, 3.63) is 23.3 Å². The first-order valence-corrected chi connectivity index (χ1v) is 9.09. The summed E-state index contributed by atoms with van der Waals surface area (Å²) in [7, 11) is 0. The van der Waals surface area contributed by atoms with Crippen LogP contribution in [0.4, 0.5) is 0 Å². The van der Waals surface area contributed by atoms with Crippen LogP contribution in [0.3, 0.4) is 0 Å². The van der Waals surface area contributed by atoms with Crippen LogP contribution in [-0.4, -0.2) is 6.54 Å². The van der Waals surface area contributed by atoms with E-state index in [1.807, 2.05) is 6.08 Å². The second kappa shape index (κ2) is 13.6. The highest BCUT2D eigenvalue weighted by Gasteiger charge is 2.12. The Morgan fingerprint density at radius 2 is 1.95 bits per heavy atom. The van der Waals surface area contributed by atoms with Gasteiger partial charge in [-0.3, -0.25) is 0 Å². The van der Waals surface area contributed by atoms with E-state index in [0.29, 0.717) is 5.92 Å². The predicted molar refractivity (Wildman–Crippen MR) is 101 cm³/mol. The largest absolute Gasteiger partial charge is 0.330 e. The molecule has 0 aromatic carbocycles. The molecule has 126 valence electrons. The molecule has 0 rings (SSSR count). The molecule has 0 aliphatic rings. The highest BCUT2D eigenvalue weighted by atomic mass is 14.5. The van der Waals surface area contributed by atoms with Crippen LogP contribution in [0.1, 0.15) is 79.1 Å². The van der Waals surface area contributed by atoms with Crippen LogP contribution in [0.5, 0.6) is 0 Å². The molecule has 2 atom stereocenters. The molecule has 0 spiro atoms. The van der Waals surface area contributed by atoms with E-state index in [9.17, 15) is 0 Å². The van der Waals surface area contributed by atoms with Crippen molar-refractivity contribution in [3.8, 4) is 12.3 Å². The second-order valence-electron chi connectivity index (χ2n) is 6.71. The molecule has 0 bridgehead atoms. The van der Waals surface area contributed by atoms with Gasteiger partial charge in [0.15, 0.2) is 0 Å². The minimum atomic E-state index is 0.619. The molecule has 0 heterocycles. The number of allylic oxidation sites excluding steroid dienone is 4. The zero-order valence-electron chi connectivity index (χ0n) is 15.3. The molecule has 0 saturated heterocycles. The zero-order chi connectivity index (χ0) is 16.8. The lowest BCUT2D eigenvalue weighted by molar-refractivity contribution is 0.354. The molecule has 0 aliphatic carbocycles. The van der Waals surface area contributed by atoms with Crippen LogP contribution in [0.15, 0.2) is 23.3 Å². The van der Waals surface area contributed by atoms with Gasteiger partial charge in [-0.2, -0.15) is 0 Å². The average Bonchev–Trinajstić information content (AvgIpc) is 2.51. The number of hydrogen-bond donors (Lipinski definition) is 1. The Bertz CT molecular complexity index is 370. The Balaban J connectivity index is 4.36. The number of hydrogen-bond acceptors (Lipinski definition) is 1. The lowest BCUT2D eigenvalue weighted by atomic mass is 9.87. The summed E-state index contributed by atoms with van der Waals surface area (Å²) in [6, 6.07) is 0. The lowest BCUT2D eigenvalue weighted by Crippen LogP contribution is -2.17. The third-order valence-corrected chi connectivity index (χ3v) is 4.47. The average molecular weight is 304 g/mol. The third-order valence-electron chi connectivity index (χ3n) is 4.47. The molecule has 0 amide bonds. The van der Waals surface area contributed by atoms with Gasteiger partial charge < -0.3 is 5.73 Å². The molecule has 2 unspecified atom stereocenters. The SMILES string of the molecule is C#C/C=C(\C=C(\C)CC)CCC(CN)CC(C)CCCCC. The summed E-state index contributed by atoms with van der Waals surface area (Å²) in [6.07, 6.45) is 19.5. The summed E-state index contributed by atoms with van der Waals surface area (Å²) in [6.45, 7) is 9.77. The molecule has 2 N–H and O–H groups in total. The minimum absolute atomic E-state index is 0.619. The van der Waals surface area contributed by atoms with Crippen molar-refractivity contribution in [2.24, 2.45) is 17.6 Å². The van der Waals surface area contributed by atoms with Crippen LogP contribution in [0, 0.1) is 24.2 Å². The number of nitrogens with two attached hydrogens (primary N) is 1. The van der Waals surface area contributed by atoms with E-state index in [2.05, 4.69) is 39.7 Å². The van der Waals surface area contributed by atoms with Crippen LogP contribution in [0.25, 0.3) is 0 Å². The van der Waals surface area contributed by atoms with Crippen molar-refractivity contribution in [2.75, 3.05) is 6.54 Å². The normalized spacial score (nSPS) is 15.5. The Morgan fingerprint density at radius 1 is 1.23 bits per heavy atom. The summed E-state index contributed by atoms with van der Waals surface area (Å²) >= 11 is 0. The molecule has 0 aromatic rings. The molecular weight excluding hydrogens is 266 g/mol. The summed E-state index contributed by atoms with van der Waals surface area (Å²) in [5.74, 6) is 4.08. The topological polar surface area (TPSA) is 26.0 Å². The Morgan fingerprint density at radius 3 is 2.50 bits per heavy atom. The summed E-state index contributed by atoms with van der Waals surface area (Å²) in [5, 5.41) is 0. The van der Waals surface area contributed by atoms with Gasteiger partial charge in [0.1, 0.15) is 0 Å². The van der Waals surface area contributed by atoms with E-state index in [-0.39, 0.29) is 0 Å². The number of unbranched alkanes of at least 4 members (excludes halogenated alkanes) is 2. The highest BCUT2D eigenvalue weighted by molar-refractivity contribution is 5.29. The zero-order valence-corrected chi connectivity index (χ0v) is 15.3. The van der Waals surface area contributed by atoms with Crippen molar-refractivity contribution in [3.63, 3.8) is 0 Å². The molecule has 1 nitrogen and oxygen atoms in total. The molecule has 0 aromatic heterocycles. The fraction of sp³-hybridized carbons (Fsp3) is 0.714. The van der Waals surface area contributed by atoms with E-state index in [4.69, 9.17) is 12.2 Å². The molecule has 22 heavy (non-hydrogen) atoms. The first-order chi connectivity index (χ1) is 10.6. The second-order valence-corrected chi connectivity index (χ2v) is 6.71. The minimum Gasteiger partial charge on any atom is -0.330 e. The van der Waals surface area contributed by atoms with Gasteiger partial charge in [-0.15, -0.1) is 6.42 Å². The van der Waals surface area contributed by atoms with Gasteiger partial charge in [0, 0.05) is 0 Å². The van der Waals surface area contributed by atoms with Gasteiger partial charge >= 0.3 is 0 Å². The molecule has 0 radical (unpaired) electrons.